The molecule has 2 aliphatic rings. The fourth-order valence-corrected chi connectivity index (χ4v) is 4.62. The van der Waals surface area contributed by atoms with Crippen molar-refractivity contribution >= 4 is 9.84 Å². The normalized spacial score (nSPS) is 38.1. The van der Waals surface area contributed by atoms with Gasteiger partial charge in [0.1, 0.15) is 0 Å². The van der Waals surface area contributed by atoms with Crippen molar-refractivity contribution in [2.45, 2.75) is 55.9 Å². The smallest absolute Gasteiger partial charge is 0.151 e. The Morgan fingerprint density at radius 2 is 1.76 bits per heavy atom. The van der Waals surface area contributed by atoms with Crippen LogP contribution in [0.4, 0.5) is 0 Å². The molecule has 2 fully saturated rings. The van der Waals surface area contributed by atoms with E-state index in [0.29, 0.717) is 0 Å². The molecule has 0 spiro atoms. The van der Waals surface area contributed by atoms with E-state index < -0.39 is 9.84 Å². The molecule has 0 saturated heterocycles. The first kappa shape index (κ1) is 12.8. The first-order valence-corrected chi connectivity index (χ1v) is 8.32. The zero-order valence-corrected chi connectivity index (χ0v) is 11.0. The molecule has 4 atom stereocenters. The molecule has 0 heterocycles. The zero-order chi connectivity index (χ0) is 12.5. The van der Waals surface area contributed by atoms with Crippen molar-refractivity contribution in [2.24, 2.45) is 5.92 Å². The van der Waals surface area contributed by atoms with Gasteiger partial charge in [-0.2, -0.15) is 5.26 Å². The summed E-state index contributed by atoms with van der Waals surface area (Å²) in [5.74, 6) is 0.0656. The first-order valence-electron chi connectivity index (χ1n) is 6.37. The molecular formula is C12H20N2O2S. The highest BCUT2D eigenvalue weighted by Gasteiger charge is 2.38. The SMILES string of the molecule is CS(=O)(=O)C1CCCC1NC1CCCC1C#N. The molecule has 0 aromatic rings. The summed E-state index contributed by atoms with van der Waals surface area (Å²) in [4.78, 5) is 0. The lowest BCUT2D eigenvalue weighted by Gasteiger charge is -2.25. The predicted molar refractivity (Wildman–Crippen MR) is 66.1 cm³/mol. The van der Waals surface area contributed by atoms with Crippen molar-refractivity contribution in [2.75, 3.05) is 6.26 Å². The van der Waals surface area contributed by atoms with Gasteiger partial charge in [-0.3, -0.25) is 0 Å². The Kier molecular flexibility index (Phi) is 3.74. The molecule has 0 aromatic heterocycles. The lowest BCUT2D eigenvalue weighted by molar-refractivity contribution is 0.397. The maximum atomic E-state index is 11.7. The molecule has 0 aliphatic heterocycles. The summed E-state index contributed by atoms with van der Waals surface area (Å²) in [6, 6.07) is 2.59. The van der Waals surface area contributed by atoms with Crippen LogP contribution in [0.2, 0.25) is 0 Å². The monoisotopic (exact) mass is 256 g/mol. The predicted octanol–water partition coefficient (Wildman–Crippen LogP) is 1.23. The second kappa shape index (κ2) is 4.95. The van der Waals surface area contributed by atoms with E-state index in [9.17, 15) is 8.42 Å². The lowest BCUT2D eigenvalue weighted by Crippen LogP contribution is -2.46. The van der Waals surface area contributed by atoms with Crippen LogP contribution in [0.1, 0.15) is 38.5 Å². The van der Waals surface area contributed by atoms with Gasteiger partial charge in [0.25, 0.3) is 0 Å². The molecule has 0 bridgehead atoms. The number of nitrogens with zero attached hydrogens (tertiary/aromatic N) is 1. The third-order valence-corrected chi connectivity index (χ3v) is 5.78. The lowest BCUT2D eigenvalue weighted by atomic mass is 10.0. The summed E-state index contributed by atoms with van der Waals surface area (Å²) in [7, 11) is -2.96. The van der Waals surface area contributed by atoms with Crippen molar-refractivity contribution in [1.29, 1.82) is 5.26 Å². The molecule has 96 valence electrons. The largest absolute Gasteiger partial charge is 0.309 e. The number of hydrogen-bond donors (Lipinski definition) is 1. The van der Waals surface area contributed by atoms with E-state index in [1.54, 1.807) is 0 Å². The van der Waals surface area contributed by atoms with Crippen LogP contribution in [0.5, 0.6) is 0 Å². The Morgan fingerprint density at radius 3 is 2.41 bits per heavy atom. The van der Waals surface area contributed by atoms with Gasteiger partial charge in [-0.1, -0.05) is 12.8 Å². The minimum atomic E-state index is -2.96. The van der Waals surface area contributed by atoms with E-state index in [4.69, 9.17) is 5.26 Å². The zero-order valence-electron chi connectivity index (χ0n) is 10.2. The molecular weight excluding hydrogens is 236 g/mol. The van der Waals surface area contributed by atoms with Gasteiger partial charge in [0.15, 0.2) is 9.84 Å². The number of nitriles is 1. The second-order valence-corrected chi connectivity index (χ2v) is 7.61. The molecule has 5 heteroatoms. The Hall–Kier alpha value is -0.600. The molecule has 4 unspecified atom stereocenters. The Balaban J connectivity index is 2.01. The summed E-state index contributed by atoms with van der Waals surface area (Å²) in [6.45, 7) is 0. The summed E-state index contributed by atoms with van der Waals surface area (Å²) in [5.41, 5.74) is 0. The highest BCUT2D eigenvalue weighted by molar-refractivity contribution is 7.91. The van der Waals surface area contributed by atoms with Crippen LogP contribution in [0, 0.1) is 17.2 Å². The van der Waals surface area contributed by atoms with Gasteiger partial charge in [-0.25, -0.2) is 8.42 Å². The third-order valence-electron chi connectivity index (χ3n) is 4.11. The first-order chi connectivity index (χ1) is 8.02. The van der Waals surface area contributed by atoms with Crippen molar-refractivity contribution in [3.05, 3.63) is 0 Å². The van der Waals surface area contributed by atoms with Crippen LogP contribution < -0.4 is 5.32 Å². The molecule has 2 saturated carbocycles. The molecule has 1 N–H and O–H groups in total. The van der Waals surface area contributed by atoms with Crippen LogP contribution in [0.15, 0.2) is 0 Å². The van der Waals surface area contributed by atoms with Gasteiger partial charge in [0.05, 0.1) is 17.2 Å². The Labute approximate surface area is 103 Å². The Bertz CT molecular complexity index is 413. The van der Waals surface area contributed by atoms with E-state index in [2.05, 4.69) is 11.4 Å². The van der Waals surface area contributed by atoms with Gasteiger partial charge in [-0.15, -0.1) is 0 Å². The van der Waals surface area contributed by atoms with Gasteiger partial charge in [-0.05, 0) is 25.7 Å². The quantitative estimate of drug-likeness (QED) is 0.824. The van der Waals surface area contributed by atoms with Crippen molar-refractivity contribution in [3.8, 4) is 6.07 Å². The molecule has 17 heavy (non-hydrogen) atoms. The fraction of sp³-hybridized carbons (Fsp3) is 0.917. The molecule has 2 rings (SSSR count). The van der Waals surface area contributed by atoms with Gasteiger partial charge >= 0.3 is 0 Å². The van der Waals surface area contributed by atoms with Crippen LogP contribution >= 0.6 is 0 Å². The third kappa shape index (κ3) is 2.80. The molecule has 2 aliphatic carbocycles. The molecule has 0 amide bonds. The van der Waals surface area contributed by atoms with E-state index in [0.717, 1.165) is 38.5 Å². The van der Waals surface area contributed by atoms with E-state index in [1.165, 1.54) is 6.26 Å². The molecule has 0 aromatic carbocycles. The molecule has 0 radical (unpaired) electrons. The number of sulfone groups is 1. The summed E-state index contributed by atoms with van der Waals surface area (Å²) in [6.07, 6.45) is 7.02. The molecule has 4 nitrogen and oxygen atoms in total. The highest BCUT2D eigenvalue weighted by atomic mass is 32.2. The van der Waals surface area contributed by atoms with E-state index >= 15 is 0 Å². The van der Waals surface area contributed by atoms with Crippen LogP contribution in [-0.4, -0.2) is 32.0 Å². The number of rotatable bonds is 3. The maximum absolute atomic E-state index is 11.7. The highest BCUT2D eigenvalue weighted by Crippen LogP contribution is 2.30. The van der Waals surface area contributed by atoms with Gasteiger partial charge in [0.2, 0.25) is 0 Å². The van der Waals surface area contributed by atoms with Gasteiger partial charge in [0, 0.05) is 18.3 Å². The minimum Gasteiger partial charge on any atom is -0.309 e. The minimum absolute atomic E-state index is 0.0592. The maximum Gasteiger partial charge on any atom is 0.151 e. The second-order valence-electron chi connectivity index (χ2n) is 5.35. The Morgan fingerprint density at radius 1 is 1.12 bits per heavy atom. The summed E-state index contributed by atoms with van der Waals surface area (Å²) < 4.78 is 23.3. The summed E-state index contributed by atoms with van der Waals surface area (Å²) in [5, 5.41) is 12.2. The van der Waals surface area contributed by atoms with Crippen molar-refractivity contribution < 1.29 is 8.42 Å². The topological polar surface area (TPSA) is 70.0 Å². The number of nitrogens with one attached hydrogen (secondary N) is 1. The fourth-order valence-electron chi connectivity index (χ4n) is 3.22. The van der Waals surface area contributed by atoms with Crippen molar-refractivity contribution in [1.82, 2.24) is 5.32 Å². The number of hydrogen-bond acceptors (Lipinski definition) is 4. The van der Waals surface area contributed by atoms with Crippen LogP contribution in [-0.2, 0) is 9.84 Å². The van der Waals surface area contributed by atoms with Gasteiger partial charge < -0.3 is 5.32 Å². The van der Waals surface area contributed by atoms with E-state index in [-0.39, 0.29) is 23.3 Å². The average Bonchev–Trinajstić information content (AvgIpc) is 2.85. The van der Waals surface area contributed by atoms with E-state index in [1.807, 2.05) is 0 Å². The average molecular weight is 256 g/mol. The van der Waals surface area contributed by atoms with Crippen LogP contribution in [0.3, 0.4) is 0 Å². The standard InChI is InChI=1S/C12H20N2O2S/c1-17(15,16)12-7-3-6-11(12)14-10-5-2-4-9(10)8-13/h9-12,14H,2-7H2,1H3. The van der Waals surface area contributed by atoms with Crippen LogP contribution in [0.25, 0.3) is 0 Å². The van der Waals surface area contributed by atoms with Crippen molar-refractivity contribution in [3.63, 3.8) is 0 Å². The summed E-state index contributed by atoms with van der Waals surface area (Å²) >= 11 is 0.